The Morgan fingerprint density at radius 2 is 0.363 bits per heavy atom. The smallest absolute Gasteiger partial charge is 0.430 e. The van der Waals surface area contributed by atoms with Crippen molar-refractivity contribution in [2.75, 3.05) is 0 Å². The minimum absolute atomic E-state index is 0.0535. The van der Waals surface area contributed by atoms with Crippen molar-refractivity contribution in [3.63, 3.8) is 0 Å². The third kappa shape index (κ3) is 19.2. The molecule has 6 fully saturated rings. The molecule has 4 aromatic carbocycles. The summed E-state index contributed by atoms with van der Waals surface area (Å²) in [7, 11) is 0. The minimum Gasteiger partial charge on any atom is -0.430 e. The second kappa shape index (κ2) is 34.0. The van der Waals surface area contributed by atoms with Crippen LogP contribution in [0.25, 0.3) is 32.3 Å². The van der Waals surface area contributed by atoms with Crippen molar-refractivity contribution in [1.29, 1.82) is 0 Å². The van der Waals surface area contributed by atoms with Gasteiger partial charge in [0.2, 0.25) is 0 Å². The molecule has 18 nitrogen and oxygen atoms in total. The normalized spacial score (nSPS) is 30.1. The average molecular weight is 1420 g/mol. The predicted molar refractivity (Wildman–Crippen MR) is 392 cm³/mol. The number of carbonyl (C=O) groups excluding carboxylic acids is 6. The summed E-state index contributed by atoms with van der Waals surface area (Å²) in [6.45, 7) is 38.2. The molecular weight excluding hydrogens is 1300 g/mol. The Balaban J connectivity index is 1.20. The maximum Gasteiger partial charge on any atom is 0.514 e. The van der Waals surface area contributed by atoms with E-state index in [4.69, 9.17) is 56.8 Å². The molecule has 0 amide bonds. The Hall–Kier alpha value is -6.72. The summed E-state index contributed by atoms with van der Waals surface area (Å²) in [5.41, 5.74) is 0. The van der Waals surface area contributed by atoms with E-state index < -0.39 is 73.6 Å². The van der Waals surface area contributed by atoms with E-state index >= 15 is 0 Å². The minimum atomic E-state index is -1.02. The second-order valence-corrected chi connectivity index (χ2v) is 34.5. The van der Waals surface area contributed by atoms with Crippen molar-refractivity contribution in [3.05, 3.63) is 36.4 Å². The number of rotatable bonds is 18. The van der Waals surface area contributed by atoms with Gasteiger partial charge >= 0.3 is 36.9 Å². The zero-order valence-corrected chi connectivity index (χ0v) is 64.4. The number of fused-ring (bicyclic) bond motifs is 6. The SMILES string of the molecule is CC(C)[C@@H]1CC[C@@H](C)C[C@H]1OC(=O)Oc1cc2c3cc(OC(=O)O[C@@H]4C[C@H](C)CC[C@H]4C(C)C)c(OC(=O)O[C@@H]4C[C@H](C)CC[C@H]4C(C)C)cc3c3cc(OC(=O)O[C@@H]4C[C@H](C)CC[C@H]4C(C)C)c(OC(=O)O[C@@H]4C[C@H](C)CC[C@H]4C(C)C)cc3c2cc1OC(=O)O[C@@H]1C[C@H](C)CC[C@H]1C(C)C. The standard InChI is InChI=1S/C84H120O18/c1-43(2)55-25-19-49(13)31-67(55)91-79(85)97-73-37-61-62(38-74(73)98-80(86)92-68-32-50(14)20-26-56(68)44(3)4)64-40-76(100-82(88)94-70-34-52(16)22-28-58(70)46(7)8)78(102-84(90)96-72-36-54(18)24-30-60(72)48(11)12)42-66(64)65-41-77(101-83(89)95-71-35-53(17)23-29-59(71)47(9)10)75(39-63(61)65)99-81(87)93-69-33-51(15)21-27-57(69)45(5)6/h37-60,67-72H,19-36H2,1-18H3/t49-,50-,51-,52-,53-,54-,55+,56+,57+,58+,59+,60+,67-,68-,69-,70-,71-,72-/m1/s1. The van der Waals surface area contributed by atoms with Crippen LogP contribution in [0.4, 0.5) is 28.8 Å². The van der Waals surface area contributed by atoms with E-state index in [2.05, 4.69) is 125 Å². The third-order valence-electron chi connectivity index (χ3n) is 24.5. The van der Waals surface area contributed by atoms with Crippen LogP contribution in [0.2, 0.25) is 0 Å². The van der Waals surface area contributed by atoms with E-state index in [-0.39, 0.29) is 141 Å². The van der Waals surface area contributed by atoms with Crippen molar-refractivity contribution in [1.82, 2.24) is 0 Å². The molecule has 0 unspecified atom stereocenters. The molecule has 10 rings (SSSR count). The van der Waals surface area contributed by atoms with Crippen molar-refractivity contribution < 1.29 is 85.6 Å². The molecule has 6 aliphatic carbocycles. The lowest BCUT2D eigenvalue weighted by Crippen LogP contribution is -2.37. The topological polar surface area (TPSA) is 213 Å². The number of benzene rings is 4. The quantitative estimate of drug-likeness (QED) is 0.0392. The summed E-state index contributed by atoms with van der Waals surface area (Å²) < 4.78 is 75.8. The van der Waals surface area contributed by atoms with Gasteiger partial charge in [-0.05, 0) is 252 Å². The van der Waals surface area contributed by atoms with E-state index in [0.29, 0.717) is 70.8 Å². The molecule has 18 heteroatoms. The zero-order chi connectivity index (χ0) is 73.7. The third-order valence-corrected chi connectivity index (χ3v) is 24.5. The first-order valence-corrected chi connectivity index (χ1v) is 39.2. The van der Waals surface area contributed by atoms with Crippen LogP contribution in [0, 0.1) is 107 Å². The van der Waals surface area contributed by atoms with Gasteiger partial charge in [-0.25, -0.2) is 28.8 Å². The summed E-state index contributed by atoms with van der Waals surface area (Å²) in [5, 5.41) is 1.92. The highest BCUT2D eigenvalue weighted by Gasteiger charge is 2.42. The van der Waals surface area contributed by atoms with Crippen LogP contribution in [0.5, 0.6) is 34.5 Å². The Kier molecular flexibility index (Phi) is 26.0. The Bertz CT molecular complexity index is 2960. The molecule has 0 heterocycles. The average Bonchev–Trinajstić information content (AvgIpc) is 0.723. The molecule has 102 heavy (non-hydrogen) atoms. The van der Waals surface area contributed by atoms with Gasteiger partial charge in [0.1, 0.15) is 36.6 Å². The summed E-state index contributed by atoms with van der Waals surface area (Å²) in [6, 6.07) is 9.23. The van der Waals surface area contributed by atoms with Crippen molar-refractivity contribution in [2.45, 2.75) is 277 Å². The molecule has 18 atom stereocenters. The van der Waals surface area contributed by atoms with Gasteiger partial charge in [0, 0.05) is 0 Å². The monoisotopic (exact) mass is 1420 g/mol. The van der Waals surface area contributed by atoms with Crippen LogP contribution in [-0.2, 0) is 28.4 Å². The highest BCUT2D eigenvalue weighted by Crippen LogP contribution is 2.50. The largest absolute Gasteiger partial charge is 0.514 e. The number of ether oxygens (including phenoxy) is 12. The predicted octanol–water partition coefficient (Wildman–Crippen LogP) is 23.0. The summed E-state index contributed by atoms with van der Waals surface area (Å²) >= 11 is 0. The molecule has 0 saturated heterocycles. The highest BCUT2D eigenvalue weighted by molar-refractivity contribution is 6.27. The van der Waals surface area contributed by atoms with Crippen LogP contribution in [-0.4, -0.2) is 73.6 Å². The van der Waals surface area contributed by atoms with Crippen molar-refractivity contribution in [2.24, 2.45) is 107 Å². The summed E-state index contributed by atoms with van der Waals surface area (Å²) in [6.07, 6.45) is 5.77. The fourth-order valence-electron chi connectivity index (χ4n) is 18.4. The Morgan fingerprint density at radius 1 is 0.235 bits per heavy atom. The first kappa shape index (κ1) is 77.9. The second-order valence-electron chi connectivity index (χ2n) is 34.5. The zero-order valence-electron chi connectivity index (χ0n) is 64.4. The van der Waals surface area contributed by atoms with E-state index in [1.54, 1.807) is 0 Å². The van der Waals surface area contributed by atoms with E-state index in [1.807, 2.05) is 0 Å². The van der Waals surface area contributed by atoms with Gasteiger partial charge in [-0.3, -0.25) is 0 Å². The van der Waals surface area contributed by atoms with Gasteiger partial charge < -0.3 is 56.8 Å². The Labute approximate surface area is 606 Å². The van der Waals surface area contributed by atoms with Gasteiger partial charge in [0.15, 0.2) is 34.5 Å². The summed E-state index contributed by atoms with van der Waals surface area (Å²) in [4.78, 5) is 88.1. The van der Waals surface area contributed by atoms with Crippen molar-refractivity contribution in [3.8, 4) is 34.5 Å². The molecule has 0 radical (unpaired) electrons. The van der Waals surface area contributed by atoms with Crippen LogP contribution >= 0.6 is 0 Å². The summed E-state index contributed by atoms with van der Waals surface area (Å²) in [5.74, 6) is 1.87. The van der Waals surface area contributed by atoms with Gasteiger partial charge in [0.25, 0.3) is 0 Å². The van der Waals surface area contributed by atoms with Crippen LogP contribution in [0.15, 0.2) is 36.4 Å². The van der Waals surface area contributed by atoms with Gasteiger partial charge in [0.05, 0.1) is 0 Å². The van der Waals surface area contributed by atoms with E-state index in [1.165, 1.54) is 36.4 Å². The molecular formula is C84H120O18. The van der Waals surface area contributed by atoms with Gasteiger partial charge in [-0.1, -0.05) is 163 Å². The number of carbonyl (C=O) groups is 6. The fourth-order valence-corrected chi connectivity index (χ4v) is 18.4. The number of hydrogen-bond donors (Lipinski definition) is 0. The molecule has 6 aliphatic rings. The molecule has 0 aliphatic heterocycles. The lowest BCUT2D eigenvalue weighted by molar-refractivity contribution is -0.0179. The molecule has 0 bridgehead atoms. The first-order chi connectivity index (χ1) is 48.4. The molecule has 0 aromatic heterocycles. The maximum atomic E-state index is 14.7. The lowest BCUT2D eigenvalue weighted by Gasteiger charge is -2.36. The number of hydrogen-bond acceptors (Lipinski definition) is 18. The first-order valence-electron chi connectivity index (χ1n) is 39.2. The van der Waals surface area contributed by atoms with Crippen LogP contribution in [0.3, 0.4) is 0 Å². The molecule has 0 N–H and O–H groups in total. The van der Waals surface area contributed by atoms with Crippen molar-refractivity contribution >= 4 is 69.2 Å². The van der Waals surface area contributed by atoms with Crippen LogP contribution in [0.1, 0.15) is 240 Å². The van der Waals surface area contributed by atoms with E-state index in [9.17, 15) is 28.8 Å². The van der Waals surface area contributed by atoms with E-state index in [0.717, 1.165) is 77.0 Å². The van der Waals surface area contributed by atoms with Gasteiger partial charge in [-0.2, -0.15) is 0 Å². The molecule has 4 aromatic rings. The molecule has 564 valence electrons. The maximum absolute atomic E-state index is 14.7. The lowest BCUT2D eigenvalue weighted by atomic mass is 9.75. The fraction of sp³-hybridized carbons (Fsp3) is 0.714. The Morgan fingerprint density at radius 3 is 0.480 bits per heavy atom. The highest BCUT2D eigenvalue weighted by atomic mass is 16.8. The van der Waals surface area contributed by atoms with Crippen LogP contribution < -0.4 is 28.4 Å². The van der Waals surface area contributed by atoms with Gasteiger partial charge in [-0.15, -0.1) is 0 Å². The molecule has 0 spiro atoms. The molecule has 6 saturated carbocycles.